The maximum absolute atomic E-state index is 12.2. The molecule has 0 N–H and O–H groups in total. The van der Waals surface area contributed by atoms with Crippen LogP contribution in [0.4, 0.5) is 13.2 Å². The van der Waals surface area contributed by atoms with E-state index < -0.39 is 11.7 Å². The number of pyridine rings is 1. The van der Waals surface area contributed by atoms with Gasteiger partial charge in [-0.1, -0.05) is 0 Å². The summed E-state index contributed by atoms with van der Waals surface area (Å²) in [5, 5.41) is 3.74. The van der Waals surface area contributed by atoms with Crippen molar-refractivity contribution in [1.29, 1.82) is 0 Å². The molecule has 78 valence electrons. The number of aromatic nitrogens is 4. The normalized spacial score (nSPS) is 11.7. The Morgan fingerprint density at radius 1 is 1.20 bits per heavy atom. The van der Waals surface area contributed by atoms with Crippen molar-refractivity contribution >= 4 is 0 Å². The molecule has 2 aromatic heterocycles. The van der Waals surface area contributed by atoms with E-state index in [4.69, 9.17) is 0 Å². The van der Waals surface area contributed by atoms with Crippen LogP contribution in [0.25, 0.3) is 5.82 Å². The lowest BCUT2D eigenvalue weighted by atomic mass is 10.3. The molecule has 4 nitrogen and oxygen atoms in total. The average Bonchev–Trinajstić information content (AvgIpc) is 2.69. The fourth-order valence-corrected chi connectivity index (χ4v) is 1.02. The zero-order valence-corrected chi connectivity index (χ0v) is 7.31. The smallest absolute Gasteiger partial charge is 0.236 e. The second-order valence-electron chi connectivity index (χ2n) is 2.74. The van der Waals surface area contributed by atoms with Crippen LogP contribution >= 0.6 is 0 Å². The Morgan fingerprint density at radius 3 is 2.47 bits per heavy atom. The molecule has 0 bridgehead atoms. The van der Waals surface area contributed by atoms with Gasteiger partial charge in [-0.05, 0) is 12.1 Å². The van der Waals surface area contributed by atoms with Gasteiger partial charge in [0.25, 0.3) is 0 Å². The highest BCUT2D eigenvalue weighted by molar-refractivity contribution is 5.25. The summed E-state index contributed by atoms with van der Waals surface area (Å²) in [5.41, 5.74) is -0.786. The molecule has 0 spiro atoms. The summed E-state index contributed by atoms with van der Waals surface area (Å²) in [4.78, 5) is 7.29. The van der Waals surface area contributed by atoms with Gasteiger partial charge < -0.3 is 0 Å². The molecule has 2 rings (SSSR count). The fraction of sp³-hybridized carbons (Fsp3) is 0.125. The van der Waals surface area contributed by atoms with Gasteiger partial charge in [0.1, 0.15) is 12.7 Å². The molecule has 7 heteroatoms. The van der Waals surface area contributed by atoms with Crippen molar-refractivity contribution in [2.24, 2.45) is 0 Å². The molecule has 0 aliphatic heterocycles. The lowest BCUT2D eigenvalue weighted by Gasteiger charge is -2.06. The molecular weight excluding hydrogens is 209 g/mol. The Kier molecular flexibility index (Phi) is 2.14. The zero-order valence-electron chi connectivity index (χ0n) is 7.31. The molecule has 0 amide bonds. The van der Waals surface area contributed by atoms with Crippen molar-refractivity contribution < 1.29 is 13.2 Å². The number of hydrogen-bond donors (Lipinski definition) is 0. The highest BCUT2D eigenvalue weighted by atomic mass is 19.4. The number of hydrogen-bond acceptors (Lipinski definition) is 3. The molecule has 0 unspecified atom stereocenters. The minimum absolute atomic E-state index is 0.292. The molecule has 2 aromatic rings. The Hall–Kier alpha value is -1.92. The monoisotopic (exact) mass is 214 g/mol. The fourth-order valence-electron chi connectivity index (χ4n) is 1.02. The molecule has 15 heavy (non-hydrogen) atoms. The molecule has 0 aromatic carbocycles. The second kappa shape index (κ2) is 3.34. The van der Waals surface area contributed by atoms with E-state index in [1.807, 2.05) is 0 Å². The molecule has 0 saturated carbocycles. The van der Waals surface area contributed by atoms with Crippen LogP contribution < -0.4 is 0 Å². The van der Waals surface area contributed by atoms with Gasteiger partial charge >= 0.3 is 6.18 Å². The summed E-state index contributed by atoms with van der Waals surface area (Å²) >= 11 is 0. The number of alkyl halides is 3. The Balaban J connectivity index is 2.33. The third kappa shape index (κ3) is 1.95. The van der Waals surface area contributed by atoms with Crippen molar-refractivity contribution in [3.63, 3.8) is 0 Å². The van der Waals surface area contributed by atoms with Crippen LogP contribution in [-0.2, 0) is 6.18 Å². The van der Waals surface area contributed by atoms with Crippen LogP contribution in [0.2, 0.25) is 0 Å². The van der Waals surface area contributed by atoms with E-state index in [-0.39, 0.29) is 0 Å². The Morgan fingerprint density at radius 2 is 2.00 bits per heavy atom. The van der Waals surface area contributed by atoms with Crippen LogP contribution in [-0.4, -0.2) is 19.7 Å². The van der Waals surface area contributed by atoms with Crippen molar-refractivity contribution in [2.75, 3.05) is 0 Å². The van der Waals surface area contributed by atoms with Crippen LogP contribution in [0.5, 0.6) is 0 Å². The van der Waals surface area contributed by atoms with Crippen molar-refractivity contribution in [2.45, 2.75) is 6.18 Å². The van der Waals surface area contributed by atoms with Gasteiger partial charge in [0, 0.05) is 6.20 Å². The van der Waals surface area contributed by atoms with E-state index in [0.29, 0.717) is 5.82 Å². The van der Waals surface area contributed by atoms with E-state index in [0.717, 1.165) is 12.3 Å². The molecule has 0 atom stereocenters. The van der Waals surface area contributed by atoms with E-state index in [2.05, 4.69) is 15.1 Å². The van der Waals surface area contributed by atoms with E-state index in [1.165, 1.54) is 23.4 Å². The second-order valence-corrected chi connectivity index (χ2v) is 2.74. The van der Waals surface area contributed by atoms with Gasteiger partial charge in [-0.2, -0.15) is 18.3 Å². The van der Waals surface area contributed by atoms with Crippen LogP contribution in [0.1, 0.15) is 5.56 Å². The maximum Gasteiger partial charge on any atom is 0.417 e. The zero-order chi connectivity index (χ0) is 10.9. The van der Waals surface area contributed by atoms with Gasteiger partial charge in [-0.25, -0.2) is 14.6 Å². The Labute approximate surface area is 82.4 Å². The number of rotatable bonds is 1. The summed E-state index contributed by atoms with van der Waals surface area (Å²) < 4.78 is 37.8. The number of nitrogens with zero attached hydrogens (tertiary/aromatic N) is 4. The topological polar surface area (TPSA) is 43.6 Å². The Bertz CT molecular complexity index is 432. The van der Waals surface area contributed by atoms with Gasteiger partial charge in [0.05, 0.1) is 5.56 Å². The van der Waals surface area contributed by atoms with Crippen LogP contribution in [0.15, 0.2) is 31.0 Å². The van der Waals surface area contributed by atoms with Gasteiger partial charge in [-0.15, -0.1) is 0 Å². The average molecular weight is 214 g/mol. The van der Waals surface area contributed by atoms with Gasteiger partial charge in [0.15, 0.2) is 5.82 Å². The lowest BCUT2D eigenvalue weighted by Crippen LogP contribution is -2.06. The highest BCUT2D eigenvalue weighted by Crippen LogP contribution is 2.28. The minimum Gasteiger partial charge on any atom is -0.236 e. The van der Waals surface area contributed by atoms with E-state index >= 15 is 0 Å². The quantitative estimate of drug-likeness (QED) is 0.725. The summed E-state index contributed by atoms with van der Waals surface area (Å²) in [7, 11) is 0. The third-order valence-electron chi connectivity index (χ3n) is 1.73. The van der Waals surface area contributed by atoms with Crippen molar-refractivity contribution in [1.82, 2.24) is 19.7 Å². The predicted octanol–water partition coefficient (Wildman–Crippen LogP) is 1.68. The van der Waals surface area contributed by atoms with Crippen LogP contribution in [0, 0.1) is 0 Å². The summed E-state index contributed by atoms with van der Waals surface area (Å²) in [6.45, 7) is 0. The standard InChI is InChI=1S/C8H5F3N4/c9-8(10,11)6-1-2-7(13-3-6)15-5-12-4-14-15/h1-5H. The summed E-state index contributed by atoms with van der Waals surface area (Å²) in [6.07, 6.45) is -0.972. The highest BCUT2D eigenvalue weighted by Gasteiger charge is 2.30. The van der Waals surface area contributed by atoms with E-state index in [1.54, 1.807) is 0 Å². The third-order valence-corrected chi connectivity index (χ3v) is 1.73. The van der Waals surface area contributed by atoms with Crippen LogP contribution in [0.3, 0.4) is 0 Å². The molecule has 0 aliphatic rings. The molecule has 0 aliphatic carbocycles. The van der Waals surface area contributed by atoms with Gasteiger partial charge in [0.2, 0.25) is 0 Å². The first-order chi connectivity index (χ1) is 7.07. The van der Waals surface area contributed by atoms with Crippen molar-refractivity contribution in [3.05, 3.63) is 36.5 Å². The first kappa shape index (κ1) is 9.63. The molecule has 2 heterocycles. The summed E-state index contributed by atoms with van der Waals surface area (Å²) in [5.74, 6) is 0.292. The molecule has 0 radical (unpaired) electrons. The maximum atomic E-state index is 12.2. The van der Waals surface area contributed by atoms with Gasteiger partial charge in [-0.3, -0.25) is 0 Å². The first-order valence-electron chi connectivity index (χ1n) is 3.95. The largest absolute Gasteiger partial charge is 0.417 e. The predicted molar refractivity (Wildman–Crippen MR) is 44.2 cm³/mol. The summed E-state index contributed by atoms with van der Waals surface area (Å²) in [6, 6.07) is 2.18. The molecule has 0 fully saturated rings. The van der Waals surface area contributed by atoms with E-state index in [9.17, 15) is 13.2 Å². The molecule has 0 saturated heterocycles. The first-order valence-corrected chi connectivity index (χ1v) is 3.95. The lowest BCUT2D eigenvalue weighted by molar-refractivity contribution is -0.137. The minimum atomic E-state index is -4.37. The number of halogens is 3. The SMILES string of the molecule is FC(F)(F)c1ccc(-n2cncn2)nc1. The molecular formula is C8H5F3N4. The van der Waals surface area contributed by atoms with Crippen molar-refractivity contribution in [3.8, 4) is 5.82 Å².